The summed E-state index contributed by atoms with van der Waals surface area (Å²) in [6.07, 6.45) is 2.17. The molecule has 116 valence electrons. The minimum Gasteiger partial charge on any atom is -0.495 e. The highest BCUT2D eigenvalue weighted by Gasteiger charge is 2.29. The fraction of sp³-hybridized carbons (Fsp3) is 0.368. The maximum absolute atomic E-state index is 5.62. The van der Waals surface area contributed by atoms with Gasteiger partial charge >= 0.3 is 0 Å². The van der Waals surface area contributed by atoms with Crippen LogP contribution in [0.2, 0.25) is 0 Å². The van der Waals surface area contributed by atoms with E-state index in [4.69, 9.17) is 4.74 Å². The van der Waals surface area contributed by atoms with E-state index in [1.54, 1.807) is 7.11 Å². The molecule has 2 aromatic rings. The van der Waals surface area contributed by atoms with Gasteiger partial charge in [0.1, 0.15) is 5.75 Å². The van der Waals surface area contributed by atoms with Crippen molar-refractivity contribution >= 4 is 5.69 Å². The zero-order valence-corrected chi connectivity index (χ0v) is 13.4. The number of rotatable bonds is 6. The van der Waals surface area contributed by atoms with Crippen molar-refractivity contribution in [2.75, 3.05) is 32.1 Å². The van der Waals surface area contributed by atoms with Crippen LogP contribution < -0.4 is 15.0 Å². The lowest BCUT2D eigenvalue weighted by Crippen LogP contribution is -2.29. The van der Waals surface area contributed by atoms with E-state index in [1.807, 2.05) is 7.05 Å². The van der Waals surface area contributed by atoms with Crippen LogP contribution in [0.3, 0.4) is 0 Å². The molecule has 0 radical (unpaired) electrons. The molecule has 0 bridgehead atoms. The first-order valence-electron chi connectivity index (χ1n) is 7.97. The lowest BCUT2D eigenvalue weighted by atomic mass is 10.0. The molecule has 0 aliphatic carbocycles. The number of ether oxygens (including phenoxy) is 1. The predicted molar refractivity (Wildman–Crippen MR) is 91.8 cm³/mol. The van der Waals surface area contributed by atoms with Crippen LogP contribution in [-0.4, -0.2) is 27.2 Å². The number of para-hydroxylation sites is 1. The fourth-order valence-corrected chi connectivity index (χ4v) is 3.38. The van der Waals surface area contributed by atoms with Gasteiger partial charge in [0.25, 0.3) is 0 Å². The first kappa shape index (κ1) is 14.9. The maximum atomic E-state index is 5.62. The Labute approximate surface area is 132 Å². The second-order valence-electron chi connectivity index (χ2n) is 5.73. The summed E-state index contributed by atoms with van der Waals surface area (Å²) in [6.45, 7) is 2.06. The molecule has 0 aromatic heterocycles. The Balaban J connectivity index is 1.97. The standard InChI is InChI=1S/C19H24N2O/c1-20-13-11-17(15-7-4-3-5-8-15)21-14-12-16-9-6-10-18(22-2)19(16)21/h3-10,17,20H,11-14H2,1-2H3. The number of nitrogens with one attached hydrogen (secondary N) is 1. The third-order valence-electron chi connectivity index (χ3n) is 4.44. The lowest BCUT2D eigenvalue weighted by Gasteiger charge is -2.32. The zero-order valence-electron chi connectivity index (χ0n) is 13.4. The quantitative estimate of drug-likeness (QED) is 0.884. The van der Waals surface area contributed by atoms with E-state index in [0.717, 1.165) is 31.7 Å². The minimum atomic E-state index is 0.381. The van der Waals surface area contributed by atoms with Crippen LogP contribution in [0.25, 0.3) is 0 Å². The van der Waals surface area contributed by atoms with Crippen LogP contribution in [0, 0.1) is 0 Å². The van der Waals surface area contributed by atoms with Crippen LogP contribution in [0.1, 0.15) is 23.6 Å². The number of benzene rings is 2. The third kappa shape index (κ3) is 2.81. The SMILES string of the molecule is CNCCC(c1ccccc1)N1CCc2cccc(OC)c21. The molecule has 0 saturated carbocycles. The minimum absolute atomic E-state index is 0.381. The average molecular weight is 296 g/mol. The van der Waals surface area contributed by atoms with Gasteiger partial charge in [0.05, 0.1) is 18.8 Å². The highest BCUT2D eigenvalue weighted by molar-refractivity contribution is 5.68. The normalized spacial score (nSPS) is 14.7. The molecule has 1 aliphatic rings. The summed E-state index contributed by atoms with van der Waals surface area (Å²) in [4.78, 5) is 2.51. The highest BCUT2D eigenvalue weighted by Crippen LogP contribution is 2.42. The van der Waals surface area contributed by atoms with Crippen LogP contribution in [0.4, 0.5) is 5.69 Å². The van der Waals surface area contributed by atoms with Crippen molar-refractivity contribution in [2.45, 2.75) is 18.9 Å². The van der Waals surface area contributed by atoms with Crippen molar-refractivity contribution in [3.63, 3.8) is 0 Å². The molecule has 1 heterocycles. The van der Waals surface area contributed by atoms with Gasteiger partial charge in [-0.1, -0.05) is 42.5 Å². The number of anilines is 1. The van der Waals surface area contributed by atoms with Gasteiger partial charge in [-0.2, -0.15) is 0 Å². The lowest BCUT2D eigenvalue weighted by molar-refractivity contribution is 0.413. The van der Waals surface area contributed by atoms with Gasteiger partial charge in [-0.3, -0.25) is 0 Å². The summed E-state index contributed by atoms with van der Waals surface area (Å²) >= 11 is 0. The molecule has 0 fully saturated rings. The smallest absolute Gasteiger partial charge is 0.142 e. The van der Waals surface area contributed by atoms with Crippen LogP contribution in [0.15, 0.2) is 48.5 Å². The van der Waals surface area contributed by atoms with E-state index < -0.39 is 0 Å². The summed E-state index contributed by atoms with van der Waals surface area (Å²) in [5, 5.41) is 3.29. The Kier molecular flexibility index (Phi) is 4.64. The fourth-order valence-electron chi connectivity index (χ4n) is 3.38. The monoisotopic (exact) mass is 296 g/mol. The first-order chi connectivity index (χ1) is 10.8. The summed E-state index contributed by atoms with van der Waals surface area (Å²) in [6, 6.07) is 17.5. The topological polar surface area (TPSA) is 24.5 Å². The molecular formula is C19H24N2O. The average Bonchev–Trinajstić information content (AvgIpc) is 3.00. The molecule has 0 amide bonds. The van der Waals surface area contributed by atoms with Crippen molar-refractivity contribution in [3.8, 4) is 5.75 Å². The summed E-state index contributed by atoms with van der Waals surface area (Å²) in [7, 11) is 3.78. The van der Waals surface area contributed by atoms with E-state index >= 15 is 0 Å². The van der Waals surface area contributed by atoms with Crippen molar-refractivity contribution in [3.05, 3.63) is 59.7 Å². The van der Waals surface area contributed by atoms with Crippen molar-refractivity contribution in [2.24, 2.45) is 0 Å². The van der Waals surface area contributed by atoms with Gasteiger partial charge in [0.2, 0.25) is 0 Å². The molecule has 1 aliphatic heterocycles. The Morgan fingerprint density at radius 2 is 1.95 bits per heavy atom. The number of hydrogen-bond acceptors (Lipinski definition) is 3. The number of methoxy groups -OCH3 is 1. The van der Waals surface area contributed by atoms with E-state index in [-0.39, 0.29) is 0 Å². The van der Waals surface area contributed by atoms with E-state index in [1.165, 1.54) is 16.8 Å². The van der Waals surface area contributed by atoms with Crippen LogP contribution in [-0.2, 0) is 6.42 Å². The second-order valence-corrected chi connectivity index (χ2v) is 5.73. The van der Waals surface area contributed by atoms with E-state index in [0.29, 0.717) is 6.04 Å². The van der Waals surface area contributed by atoms with Crippen molar-refractivity contribution < 1.29 is 4.74 Å². The van der Waals surface area contributed by atoms with Gasteiger partial charge < -0.3 is 15.0 Å². The molecule has 0 spiro atoms. The van der Waals surface area contributed by atoms with Gasteiger partial charge in [0, 0.05) is 6.54 Å². The van der Waals surface area contributed by atoms with Crippen LogP contribution in [0.5, 0.6) is 5.75 Å². The summed E-state index contributed by atoms with van der Waals surface area (Å²) in [5.41, 5.74) is 4.04. The largest absolute Gasteiger partial charge is 0.495 e. The molecule has 1 N–H and O–H groups in total. The zero-order chi connectivity index (χ0) is 15.4. The molecule has 0 saturated heterocycles. The molecule has 3 rings (SSSR count). The third-order valence-corrected chi connectivity index (χ3v) is 4.44. The van der Waals surface area contributed by atoms with Gasteiger partial charge in [-0.15, -0.1) is 0 Å². The Hall–Kier alpha value is -2.00. The van der Waals surface area contributed by atoms with Crippen molar-refractivity contribution in [1.82, 2.24) is 5.32 Å². The molecule has 1 unspecified atom stereocenters. The van der Waals surface area contributed by atoms with E-state index in [9.17, 15) is 0 Å². The highest BCUT2D eigenvalue weighted by atomic mass is 16.5. The first-order valence-corrected chi connectivity index (χ1v) is 7.97. The molecular weight excluding hydrogens is 272 g/mol. The van der Waals surface area contributed by atoms with Crippen LogP contribution >= 0.6 is 0 Å². The van der Waals surface area contributed by atoms with Gasteiger partial charge in [0.15, 0.2) is 0 Å². The molecule has 3 heteroatoms. The molecule has 22 heavy (non-hydrogen) atoms. The maximum Gasteiger partial charge on any atom is 0.142 e. The molecule has 3 nitrogen and oxygen atoms in total. The number of fused-ring (bicyclic) bond motifs is 1. The molecule has 1 atom stereocenters. The summed E-state index contributed by atoms with van der Waals surface area (Å²) in [5.74, 6) is 0.986. The molecule has 2 aromatic carbocycles. The Bertz CT molecular complexity index is 612. The number of hydrogen-bond donors (Lipinski definition) is 1. The van der Waals surface area contributed by atoms with Crippen molar-refractivity contribution in [1.29, 1.82) is 0 Å². The Morgan fingerprint density at radius 1 is 1.14 bits per heavy atom. The predicted octanol–water partition coefficient (Wildman–Crippen LogP) is 3.41. The van der Waals surface area contributed by atoms with Gasteiger partial charge in [-0.25, -0.2) is 0 Å². The number of nitrogens with zero attached hydrogens (tertiary/aromatic N) is 1. The second kappa shape index (κ2) is 6.84. The Morgan fingerprint density at radius 3 is 2.68 bits per heavy atom. The summed E-state index contributed by atoms with van der Waals surface area (Å²) < 4.78 is 5.62. The van der Waals surface area contributed by atoms with E-state index in [2.05, 4.69) is 58.7 Å². The van der Waals surface area contributed by atoms with Gasteiger partial charge in [-0.05, 0) is 43.6 Å².